The van der Waals surface area contributed by atoms with Gasteiger partial charge in [-0.3, -0.25) is 37.3 Å². The first kappa shape index (κ1) is 96.1. The van der Waals surface area contributed by atoms with Gasteiger partial charge < -0.3 is 33.8 Å². The molecule has 0 spiro atoms. The standard InChI is InChI=1S/C79H154O17P2/c1-7-9-11-13-15-17-19-31-37-43-49-55-61-76(81)89-67-74(95-78(83)63-57-51-45-39-32-20-18-16-14-12-10-8-2)69-93-97(85,86)91-65-73(80)66-92-98(87,88)94-70-75(68-90-77(82)62-56-50-44-38-33-28-27-30-36-42-48-54-60-72(5)6)96-79(84)64-58-52-46-40-34-26-24-22-21-23-25-29-35-41-47-53-59-71(3)4/h71-75,80H,7-70H2,1-6H3,(H,85,86)(H,87,88)/t73-,74+,75+/m0/s1. The van der Waals surface area contributed by atoms with Gasteiger partial charge in [0.15, 0.2) is 12.2 Å². The van der Waals surface area contributed by atoms with Gasteiger partial charge in [0.05, 0.1) is 26.4 Å². The van der Waals surface area contributed by atoms with Gasteiger partial charge in [0.2, 0.25) is 0 Å². The van der Waals surface area contributed by atoms with Crippen molar-refractivity contribution in [3.8, 4) is 0 Å². The number of esters is 4. The first-order chi connectivity index (χ1) is 47.4. The second kappa shape index (κ2) is 70.7. The van der Waals surface area contributed by atoms with Crippen LogP contribution in [-0.2, 0) is 65.4 Å². The van der Waals surface area contributed by atoms with Crippen LogP contribution in [0, 0.1) is 11.8 Å². The highest BCUT2D eigenvalue weighted by atomic mass is 31.2. The lowest BCUT2D eigenvalue weighted by atomic mass is 10.0. The van der Waals surface area contributed by atoms with Gasteiger partial charge in [0, 0.05) is 25.7 Å². The lowest BCUT2D eigenvalue weighted by Crippen LogP contribution is -2.30. The van der Waals surface area contributed by atoms with Crippen LogP contribution in [-0.4, -0.2) is 96.7 Å². The number of carbonyl (C=O) groups is 4. The lowest BCUT2D eigenvalue weighted by molar-refractivity contribution is -0.161. The van der Waals surface area contributed by atoms with Crippen LogP contribution in [0.2, 0.25) is 0 Å². The minimum absolute atomic E-state index is 0.108. The van der Waals surface area contributed by atoms with Gasteiger partial charge in [-0.15, -0.1) is 0 Å². The summed E-state index contributed by atoms with van der Waals surface area (Å²) < 4.78 is 68.7. The molecular weight excluding hydrogens is 1280 g/mol. The molecule has 582 valence electrons. The van der Waals surface area contributed by atoms with Crippen molar-refractivity contribution < 1.29 is 80.2 Å². The maximum absolute atomic E-state index is 13.1. The smallest absolute Gasteiger partial charge is 0.462 e. The molecule has 98 heavy (non-hydrogen) atoms. The lowest BCUT2D eigenvalue weighted by Gasteiger charge is -2.21. The number of hydrogen-bond acceptors (Lipinski definition) is 15. The Hall–Kier alpha value is -1.94. The Bertz CT molecular complexity index is 1890. The Morgan fingerprint density at radius 1 is 0.276 bits per heavy atom. The molecule has 5 atom stereocenters. The van der Waals surface area contributed by atoms with E-state index in [1.165, 1.54) is 231 Å². The molecule has 0 aliphatic rings. The van der Waals surface area contributed by atoms with Gasteiger partial charge in [-0.2, -0.15) is 0 Å². The van der Waals surface area contributed by atoms with Crippen molar-refractivity contribution >= 4 is 39.5 Å². The fraction of sp³-hybridized carbons (Fsp3) is 0.949. The van der Waals surface area contributed by atoms with Crippen molar-refractivity contribution in [1.29, 1.82) is 0 Å². The first-order valence-electron chi connectivity index (χ1n) is 41.0. The molecular formula is C79H154O17P2. The number of carbonyl (C=O) groups excluding carboxylic acids is 4. The van der Waals surface area contributed by atoms with Crippen LogP contribution in [0.5, 0.6) is 0 Å². The normalized spacial score (nSPS) is 13.9. The highest BCUT2D eigenvalue weighted by Crippen LogP contribution is 2.45. The summed E-state index contributed by atoms with van der Waals surface area (Å²) in [5.41, 5.74) is 0. The Labute approximate surface area is 600 Å². The third-order valence-corrected chi connectivity index (χ3v) is 20.4. The number of aliphatic hydroxyl groups excluding tert-OH is 1. The molecule has 0 amide bonds. The average Bonchev–Trinajstić information content (AvgIpc) is 1.08. The Kier molecular flexibility index (Phi) is 69.3. The number of ether oxygens (including phenoxy) is 4. The van der Waals surface area contributed by atoms with E-state index in [1.807, 2.05) is 0 Å². The summed E-state index contributed by atoms with van der Waals surface area (Å²) in [5.74, 6) is -0.518. The van der Waals surface area contributed by atoms with E-state index in [9.17, 15) is 43.2 Å². The summed E-state index contributed by atoms with van der Waals surface area (Å²) in [6.45, 7) is 9.67. The van der Waals surface area contributed by atoms with Gasteiger partial charge in [0.25, 0.3) is 0 Å². The number of unbranched alkanes of at least 4 members (excludes halogenated alkanes) is 48. The number of phosphoric ester groups is 2. The second-order valence-corrected chi connectivity index (χ2v) is 32.3. The molecule has 0 radical (unpaired) electrons. The summed E-state index contributed by atoms with van der Waals surface area (Å²) in [7, 11) is -9.92. The predicted octanol–water partition coefficient (Wildman–Crippen LogP) is 23.5. The fourth-order valence-corrected chi connectivity index (χ4v) is 13.8. The molecule has 2 unspecified atom stereocenters. The molecule has 19 heteroatoms. The van der Waals surface area contributed by atoms with Crippen LogP contribution in [0.25, 0.3) is 0 Å². The molecule has 0 bridgehead atoms. The van der Waals surface area contributed by atoms with E-state index in [2.05, 4.69) is 41.5 Å². The van der Waals surface area contributed by atoms with E-state index in [-0.39, 0.29) is 25.7 Å². The highest BCUT2D eigenvalue weighted by Gasteiger charge is 2.30. The molecule has 0 aliphatic carbocycles. The average molecular weight is 1440 g/mol. The van der Waals surface area contributed by atoms with Crippen molar-refractivity contribution in [2.45, 2.75) is 432 Å². The van der Waals surface area contributed by atoms with Crippen molar-refractivity contribution in [2.75, 3.05) is 39.6 Å². The fourth-order valence-electron chi connectivity index (χ4n) is 12.2. The van der Waals surface area contributed by atoms with Crippen LogP contribution in [0.15, 0.2) is 0 Å². The van der Waals surface area contributed by atoms with Crippen LogP contribution in [0.1, 0.15) is 414 Å². The van der Waals surface area contributed by atoms with E-state index in [4.69, 9.17) is 37.0 Å². The molecule has 0 heterocycles. The number of rotatable bonds is 78. The Morgan fingerprint density at radius 3 is 0.694 bits per heavy atom. The molecule has 0 saturated heterocycles. The molecule has 0 aromatic carbocycles. The molecule has 0 aromatic rings. The number of aliphatic hydroxyl groups is 1. The minimum Gasteiger partial charge on any atom is -0.462 e. The zero-order chi connectivity index (χ0) is 72.1. The monoisotopic (exact) mass is 1440 g/mol. The van der Waals surface area contributed by atoms with Crippen molar-refractivity contribution in [2.24, 2.45) is 11.8 Å². The topological polar surface area (TPSA) is 237 Å². The summed E-state index contributed by atoms with van der Waals surface area (Å²) in [5, 5.41) is 10.6. The maximum atomic E-state index is 13.1. The van der Waals surface area contributed by atoms with Crippen molar-refractivity contribution in [1.82, 2.24) is 0 Å². The van der Waals surface area contributed by atoms with E-state index < -0.39 is 97.5 Å². The first-order valence-corrected chi connectivity index (χ1v) is 44.0. The maximum Gasteiger partial charge on any atom is 0.472 e. The molecule has 3 N–H and O–H groups in total. The second-order valence-electron chi connectivity index (χ2n) is 29.4. The molecule has 0 rings (SSSR count). The largest absolute Gasteiger partial charge is 0.472 e. The van der Waals surface area contributed by atoms with E-state index in [0.29, 0.717) is 25.7 Å². The third kappa shape index (κ3) is 72.4. The van der Waals surface area contributed by atoms with Gasteiger partial charge in [-0.25, -0.2) is 9.13 Å². The molecule has 0 saturated carbocycles. The highest BCUT2D eigenvalue weighted by molar-refractivity contribution is 7.47. The Morgan fingerprint density at radius 2 is 0.469 bits per heavy atom. The summed E-state index contributed by atoms with van der Waals surface area (Å²) in [6, 6.07) is 0. The molecule has 0 aliphatic heterocycles. The summed E-state index contributed by atoms with van der Waals surface area (Å²) in [6.07, 6.45) is 59.5. The summed E-state index contributed by atoms with van der Waals surface area (Å²) >= 11 is 0. The Balaban J connectivity index is 5.24. The third-order valence-electron chi connectivity index (χ3n) is 18.5. The van der Waals surface area contributed by atoms with E-state index in [0.717, 1.165) is 102 Å². The van der Waals surface area contributed by atoms with Gasteiger partial charge in [-0.05, 0) is 37.5 Å². The number of hydrogen-bond donors (Lipinski definition) is 3. The van der Waals surface area contributed by atoms with Crippen LogP contribution in [0.4, 0.5) is 0 Å². The van der Waals surface area contributed by atoms with E-state index >= 15 is 0 Å². The quantitative estimate of drug-likeness (QED) is 0.0222. The molecule has 0 aromatic heterocycles. The van der Waals surface area contributed by atoms with Crippen LogP contribution >= 0.6 is 15.6 Å². The zero-order valence-corrected chi connectivity index (χ0v) is 65.9. The zero-order valence-electron chi connectivity index (χ0n) is 64.1. The van der Waals surface area contributed by atoms with Crippen molar-refractivity contribution in [3.63, 3.8) is 0 Å². The van der Waals surface area contributed by atoms with Gasteiger partial charge in [0.1, 0.15) is 19.3 Å². The summed E-state index contributed by atoms with van der Waals surface area (Å²) in [4.78, 5) is 72.9. The van der Waals surface area contributed by atoms with Gasteiger partial charge >= 0.3 is 39.5 Å². The molecule has 0 fully saturated rings. The molecule has 17 nitrogen and oxygen atoms in total. The van der Waals surface area contributed by atoms with Crippen LogP contribution in [0.3, 0.4) is 0 Å². The number of phosphoric acid groups is 2. The van der Waals surface area contributed by atoms with Crippen molar-refractivity contribution in [3.05, 3.63) is 0 Å². The van der Waals surface area contributed by atoms with Gasteiger partial charge in [-0.1, -0.05) is 363 Å². The van der Waals surface area contributed by atoms with E-state index in [1.54, 1.807) is 0 Å². The van der Waals surface area contributed by atoms with Crippen LogP contribution < -0.4 is 0 Å². The predicted molar refractivity (Wildman–Crippen MR) is 400 cm³/mol. The minimum atomic E-state index is -4.96. The SMILES string of the molecule is CCCCCCCCCCCCCCC(=O)OC[C@H](COP(=O)(O)OC[C@H](O)COP(=O)(O)OC[C@@H](COC(=O)CCCCCCCCCCCCCCC(C)C)OC(=O)CCCCCCCCCCCCCCCCCCC(C)C)OC(=O)CCCCCCCCCCCCCC.